The average molecular weight is 449 g/mol. The van der Waals surface area contributed by atoms with E-state index in [2.05, 4.69) is 16.0 Å². The van der Waals surface area contributed by atoms with Gasteiger partial charge in [-0.2, -0.15) is 4.31 Å². The average Bonchev–Trinajstić information content (AvgIpc) is 2.74. The van der Waals surface area contributed by atoms with Gasteiger partial charge in [0.1, 0.15) is 5.82 Å². The van der Waals surface area contributed by atoms with Crippen molar-refractivity contribution in [3.8, 4) is 0 Å². The Kier molecular flexibility index (Phi) is 7.24. The Morgan fingerprint density at radius 2 is 1.65 bits per heavy atom. The quantitative estimate of drug-likeness (QED) is 0.631. The van der Waals surface area contributed by atoms with Gasteiger partial charge in [0, 0.05) is 36.9 Å². The van der Waals surface area contributed by atoms with E-state index in [0.29, 0.717) is 30.8 Å². The Morgan fingerprint density at radius 3 is 2.26 bits per heavy atom. The first-order valence-corrected chi connectivity index (χ1v) is 11.4. The molecular weight excluding hydrogens is 423 g/mol. The maximum Gasteiger partial charge on any atom is 0.319 e. The zero-order valence-electron chi connectivity index (χ0n) is 17.1. The lowest BCUT2D eigenvalue weighted by Crippen LogP contribution is -2.41. The van der Waals surface area contributed by atoms with Gasteiger partial charge in [-0.3, -0.25) is 4.79 Å². The van der Waals surface area contributed by atoms with Crippen LogP contribution in [0.1, 0.15) is 19.8 Å². The molecule has 2 aromatic carbocycles. The Balaban J connectivity index is 1.57. The van der Waals surface area contributed by atoms with Crippen molar-refractivity contribution in [1.82, 2.24) is 9.62 Å². The van der Waals surface area contributed by atoms with Crippen LogP contribution < -0.4 is 16.0 Å². The van der Waals surface area contributed by atoms with Crippen molar-refractivity contribution in [3.05, 3.63) is 54.3 Å². The van der Waals surface area contributed by atoms with Gasteiger partial charge >= 0.3 is 6.03 Å². The molecule has 1 saturated heterocycles. The second-order valence-electron chi connectivity index (χ2n) is 7.19. The van der Waals surface area contributed by atoms with Gasteiger partial charge in [0.15, 0.2) is 0 Å². The molecule has 0 unspecified atom stereocenters. The minimum Gasteiger partial charge on any atom is -0.338 e. The number of halogens is 1. The normalized spacial score (nSPS) is 15.3. The number of benzene rings is 2. The number of sulfonamides is 1. The summed E-state index contributed by atoms with van der Waals surface area (Å²) in [4.78, 5) is 24.3. The zero-order chi connectivity index (χ0) is 22.4. The van der Waals surface area contributed by atoms with Crippen molar-refractivity contribution in [2.24, 2.45) is 5.92 Å². The van der Waals surface area contributed by atoms with Crippen molar-refractivity contribution in [3.63, 3.8) is 0 Å². The molecule has 1 aliphatic heterocycles. The molecule has 0 bridgehead atoms. The number of anilines is 2. The zero-order valence-corrected chi connectivity index (χ0v) is 17.9. The molecule has 3 rings (SSSR count). The molecule has 0 radical (unpaired) electrons. The summed E-state index contributed by atoms with van der Waals surface area (Å²) in [7, 11) is -3.72. The Morgan fingerprint density at radius 1 is 1.03 bits per heavy atom. The van der Waals surface area contributed by atoms with E-state index in [-0.39, 0.29) is 35.8 Å². The second-order valence-corrected chi connectivity index (χ2v) is 9.12. The second kappa shape index (κ2) is 9.88. The highest BCUT2D eigenvalue weighted by molar-refractivity contribution is 7.89. The van der Waals surface area contributed by atoms with Gasteiger partial charge in [0.2, 0.25) is 15.9 Å². The summed E-state index contributed by atoms with van der Waals surface area (Å²) in [5, 5.41) is 8.13. The molecule has 0 aliphatic carbocycles. The molecule has 31 heavy (non-hydrogen) atoms. The summed E-state index contributed by atoms with van der Waals surface area (Å²) >= 11 is 0. The minimum absolute atomic E-state index is 0.0354. The number of rotatable bonds is 6. The molecule has 0 atom stereocenters. The molecule has 3 amide bonds. The van der Waals surface area contributed by atoms with Crippen LogP contribution in [0.15, 0.2) is 53.4 Å². The van der Waals surface area contributed by atoms with Crippen LogP contribution in [0.4, 0.5) is 20.6 Å². The van der Waals surface area contributed by atoms with Gasteiger partial charge < -0.3 is 16.0 Å². The number of hydrogen-bond acceptors (Lipinski definition) is 4. The lowest BCUT2D eigenvalue weighted by Gasteiger charge is -2.30. The number of nitrogens with one attached hydrogen (secondary N) is 3. The summed E-state index contributed by atoms with van der Waals surface area (Å²) in [5.74, 6) is -1.03. The van der Waals surface area contributed by atoms with Crippen LogP contribution in [0.25, 0.3) is 0 Å². The summed E-state index contributed by atoms with van der Waals surface area (Å²) in [6.45, 7) is 2.72. The van der Waals surface area contributed by atoms with E-state index in [1.54, 1.807) is 24.3 Å². The van der Waals surface area contributed by atoms with Gasteiger partial charge in [-0.25, -0.2) is 17.6 Å². The SMILES string of the molecule is CCNC(=O)Nc1cccc(NC(=O)C2CCN(S(=O)(=O)c3ccc(F)cc3)CC2)c1. The molecule has 2 aromatic rings. The minimum atomic E-state index is -3.72. The van der Waals surface area contributed by atoms with Gasteiger partial charge in [-0.05, 0) is 62.2 Å². The lowest BCUT2D eigenvalue weighted by atomic mass is 9.97. The molecule has 8 nitrogen and oxygen atoms in total. The monoisotopic (exact) mass is 448 g/mol. The van der Waals surface area contributed by atoms with Gasteiger partial charge in [0.05, 0.1) is 4.90 Å². The summed E-state index contributed by atoms with van der Waals surface area (Å²) in [5.41, 5.74) is 1.09. The number of nitrogens with zero attached hydrogens (tertiary/aromatic N) is 1. The van der Waals surface area contributed by atoms with Crippen LogP contribution in [0.5, 0.6) is 0 Å². The number of piperidine rings is 1. The van der Waals surface area contributed by atoms with Gasteiger partial charge in [-0.1, -0.05) is 6.07 Å². The Hall–Kier alpha value is -2.98. The third kappa shape index (κ3) is 5.80. The summed E-state index contributed by atoms with van der Waals surface area (Å²) in [6, 6.07) is 11.2. The lowest BCUT2D eigenvalue weighted by molar-refractivity contribution is -0.120. The molecule has 1 aliphatic rings. The number of amides is 3. The predicted molar refractivity (Wildman–Crippen MR) is 116 cm³/mol. The van der Waals surface area contributed by atoms with Crippen LogP contribution in [0.2, 0.25) is 0 Å². The Labute approximate surface area is 180 Å². The van der Waals surface area contributed by atoms with Crippen molar-refractivity contribution >= 4 is 33.3 Å². The van der Waals surface area contributed by atoms with Crippen molar-refractivity contribution < 1.29 is 22.4 Å². The van der Waals surface area contributed by atoms with E-state index in [4.69, 9.17) is 0 Å². The highest BCUT2D eigenvalue weighted by atomic mass is 32.2. The molecule has 0 saturated carbocycles. The van der Waals surface area contributed by atoms with E-state index in [0.717, 1.165) is 12.1 Å². The highest BCUT2D eigenvalue weighted by Crippen LogP contribution is 2.25. The number of carbonyl (C=O) groups excluding carboxylic acids is 2. The molecule has 10 heteroatoms. The van der Waals surface area contributed by atoms with E-state index in [9.17, 15) is 22.4 Å². The van der Waals surface area contributed by atoms with Crippen LogP contribution >= 0.6 is 0 Å². The molecule has 1 fully saturated rings. The molecule has 1 heterocycles. The van der Waals surface area contributed by atoms with E-state index in [1.165, 1.54) is 16.4 Å². The first kappa shape index (κ1) is 22.7. The maximum absolute atomic E-state index is 13.1. The van der Waals surface area contributed by atoms with Crippen molar-refractivity contribution in [1.29, 1.82) is 0 Å². The van der Waals surface area contributed by atoms with Crippen molar-refractivity contribution in [2.75, 3.05) is 30.3 Å². The molecule has 3 N–H and O–H groups in total. The van der Waals surface area contributed by atoms with E-state index >= 15 is 0 Å². The van der Waals surface area contributed by atoms with Crippen LogP contribution in [0, 0.1) is 11.7 Å². The number of hydrogen-bond donors (Lipinski definition) is 3. The molecule has 0 aromatic heterocycles. The highest BCUT2D eigenvalue weighted by Gasteiger charge is 2.32. The van der Waals surface area contributed by atoms with E-state index in [1.807, 2.05) is 6.92 Å². The smallest absolute Gasteiger partial charge is 0.319 e. The van der Waals surface area contributed by atoms with E-state index < -0.39 is 15.8 Å². The van der Waals surface area contributed by atoms with Crippen LogP contribution in [0.3, 0.4) is 0 Å². The summed E-state index contributed by atoms with van der Waals surface area (Å²) < 4.78 is 39.8. The largest absolute Gasteiger partial charge is 0.338 e. The number of carbonyl (C=O) groups is 2. The first-order chi connectivity index (χ1) is 14.8. The fourth-order valence-electron chi connectivity index (χ4n) is 3.37. The topological polar surface area (TPSA) is 108 Å². The fraction of sp³-hybridized carbons (Fsp3) is 0.333. The maximum atomic E-state index is 13.1. The fourth-order valence-corrected chi connectivity index (χ4v) is 4.84. The molecular formula is C21H25FN4O4S. The molecule has 0 spiro atoms. The van der Waals surface area contributed by atoms with Crippen molar-refractivity contribution in [2.45, 2.75) is 24.7 Å². The summed E-state index contributed by atoms with van der Waals surface area (Å²) in [6.07, 6.45) is 0.756. The standard InChI is InChI=1S/C21H25FN4O4S/c1-2-23-21(28)25-18-5-3-4-17(14-18)24-20(27)15-10-12-26(13-11-15)31(29,30)19-8-6-16(22)7-9-19/h3-9,14-15H,2,10-13H2,1H3,(H,24,27)(H2,23,25,28). The van der Waals surface area contributed by atoms with Gasteiger partial charge in [-0.15, -0.1) is 0 Å². The number of urea groups is 1. The van der Waals surface area contributed by atoms with Gasteiger partial charge in [0.25, 0.3) is 0 Å². The third-order valence-electron chi connectivity index (χ3n) is 5.00. The Bertz CT molecular complexity index is 1040. The first-order valence-electron chi connectivity index (χ1n) is 10.0. The third-order valence-corrected chi connectivity index (χ3v) is 6.91. The van der Waals surface area contributed by atoms with Crippen LogP contribution in [-0.2, 0) is 14.8 Å². The van der Waals surface area contributed by atoms with Crippen LogP contribution in [-0.4, -0.2) is 44.3 Å². The molecule has 166 valence electrons. The predicted octanol–water partition coefficient (Wildman–Crippen LogP) is 3.01.